The number of carbonyl (C=O) groups is 2. The quantitative estimate of drug-likeness (QED) is 0.887. The molecule has 2 fully saturated rings. The third-order valence-corrected chi connectivity index (χ3v) is 5.12. The summed E-state index contributed by atoms with van der Waals surface area (Å²) in [7, 11) is 0. The molecule has 1 N–H and O–H groups in total. The molecular formula is C16H18BrNO4. The summed E-state index contributed by atoms with van der Waals surface area (Å²) in [4.78, 5) is 25.4. The van der Waals surface area contributed by atoms with Crippen molar-refractivity contribution in [3.63, 3.8) is 0 Å². The molecule has 1 aromatic carbocycles. The summed E-state index contributed by atoms with van der Waals surface area (Å²) in [5.41, 5.74) is 0. The molecule has 1 heterocycles. The van der Waals surface area contributed by atoms with Crippen LogP contribution in [0.2, 0.25) is 0 Å². The summed E-state index contributed by atoms with van der Waals surface area (Å²) in [5, 5.41) is 9.46. The van der Waals surface area contributed by atoms with Crippen LogP contribution in [0.15, 0.2) is 28.7 Å². The molecule has 3 rings (SSSR count). The lowest BCUT2D eigenvalue weighted by atomic mass is 9.94. The molecule has 1 amide bonds. The Morgan fingerprint density at radius 2 is 2.18 bits per heavy atom. The maximum atomic E-state index is 12.4. The highest BCUT2D eigenvalue weighted by molar-refractivity contribution is 9.10. The van der Waals surface area contributed by atoms with E-state index in [9.17, 15) is 14.7 Å². The summed E-state index contributed by atoms with van der Waals surface area (Å²) in [6.07, 6.45) is 2.98. The summed E-state index contributed by atoms with van der Waals surface area (Å²) in [6.45, 7) is 0.419. The van der Waals surface area contributed by atoms with E-state index in [1.165, 1.54) is 4.90 Å². The van der Waals surface area contributed by atoms with Gasteiger partial charge in [-0.1, -0.05) is 28.4 Å². The highest BCUT2D eigenvalue weighted by Gasteiger charge is 2.49. The first-order chi connectivity index (χ1) is 10.6. The Labute approximate surface area is 137 Å². The number of rotatable bonds is 4. The van der Waals surface area contributed by atoms with Gasteiger partial charge in [-0.05, 0) is 42.9 Å². The molecule has 1 saturated heterocycles. The van der Waals surface area contributed by atoms with E-state index in [1.807, 2.05) is 12.1 Å². The number of carboxylic acids is 1. The second-order valence-corrected chi connectivity index (χ2v) is 6.85. The van der Waals surface area contributed by atoms with E-state index < -0.39 is 12.0 Å². The second-order valence-electron chi connectivity index (χ2n) is 5.93. The van der Waals surface area contributed by atoms with Crippen molar-refractivity contribution in [3.8, 4) is 5.75 Å². The minimum absolute atomic E-state index is 0.104. The molecule has 0 spiro atoms. The van der Waals surface area contributed by atoms with Crippen LogP contribution in [0.5, 0.6) is 5.75 Å². The van der Waals surface area contributed by atoms with Crippen molar-refractivity contribution in [2.75, 3.05) is 13.2 Å². The van der Waals surface area contributed by atoms with Crippen molar-refractivity contribution in [1.29, 1.82) is 0 Å². The lowest BCUT2D eigenvalue weighted by Crippen LogP contribution is -2.45. The van der Waals surface area contributed by atoms with Gasteiger partial charge >= 0.3 is 5.97 Å². The van der Waals surface area contributed by atoms with Crippen molar-refractivity contribution in [3.05, 3.63) is 28.7 Å². The van der Waals surface area contributed by atoms with Crippen LogP contribution in [0, 0.1) is 11.8 Å². The fraction of sp³-hybridized carbons (Fsp3) is 0.500. The third-order valence-electron chi connectivity index (χ3n) is 4.62. The molecule has 1 aliphatic carbocycles. The molecule has 0 bridgehead atoms. The Hall–Kier alpha value is -1.56. The number of halogens is 1. The number of hydrogen-bond acceptors (Lipinski definition) is 3. The number of carbonyl (C=O) groups excluding carboxylic acids is 1. The summed E-state index contributed by atoms with van der Waals surface area (Å²) in [6, 6.07) is 6.55. The first kappa shape index (κ1) is 15.3. The van der Waals surface area contributed by atoms with Crippen molar-refractivity contribution >= 4 is 27.8 Å². The highest BCUT2D eigenvalue weighted by atomic mass is 79.9. The van der Waals surface area contributed by atoms with Crippen molar-refractivity contribution < 1.29 is 19.4 Å². The first-order valence-corrected chi connectivity index (χ1v) is 8.26. The van der Waals surface area contributed by atoms with E-state index in [-0.39, 0.29) is 18.4 Å². The molecule has 22 heavy (non-hydrogen) atoms. The summed E-state index contributed by atoms with van der Waals surface area (Å²) in [5.74, 6) is -0.121. The topological polar surface area (TPSA) is 66.8 Å². The van der Waals surface area contributed by atoms with Crippen molar-refractivity contribution in [2.45, 2.75) is 25.3 Å². The number of benzene rings is 1. The van der Waals surface area contributed by atoms with Crippen molar-refractivity contribution in [1.82, 2.24) is 4.90 Å². The molecule has 0 radical (unpaired) electrons. The van der Waals surface area contributed by atoms with Gasteiger partial charge in [0.15, 0.2) is 6.61 Å². The molecule has 6 heteroatoms. The number of fused-ring (bicyclic) bond motifs is 1. The fourth-order valence-corrected chi connectivity index (χ4v) is 4.04. The van der Waals surface area contributed by atoms with Gasteiger partial charge in [0.1, 0.15) is 11.8 Å². The summed E-state index contributed by atoms with van der Waals surface area (Å²) < 4.78 is 6.37. The first-order valence-electron chi connectivity index (χ1n) is 7.47. The standard InChI is InChI=1S/C16H18BrNO4/c17-11-4-2-5-12(7-11)22-9-14(19)18-8-10-3-1-6-13(10)15(18)16(20)21/h2,4-5,7,10,13,15H,1,3,6,8-9H2,(H,20,21). The molecule has 0 aromatic heterocycles. The van der Waals surface area contributed by atoms with Crippen molar-refractivity contribution in [2.24, 2.45) is 11.8 Å². The van der Waals surface area contributed by atoms with Crippen LogP contribution >= 0.6 is 15.9 Å². The van der Waals surface area contributed by atoms with Gasteiger partial charge in [-0.2, -0.15) is 0 Å². The molecule has 1 aliphatic heterocycles. The van der Waals surface area contributed by atoms with E-state index in [0.29, 0.717) is 18.2 Å². The Morgan fingerprint density at radius 1 is 1.36 bits per heavy atom. The molecule has 118 valence electrons. The number of amides is 1. The molecule has 1 aromatic rings. The third kappa shape index (κ3) is 2.97. The molecular weight excluding hydrogens is 350 g/mol. The number of carboxylic acid groups (broad SMARTS) is 1. The van der Waals surface area contributed by atoms with Gasteiger partial charge in [-0.3, -0.25) is 4.79 Å². The molecule has 5 nitrogen and oxygen atoms in total. The molecule has 2 aliphatic rings. The van der Waals surface area contributed by atoms with E-state index >= 15 is 0 Å². The van der Waals surface area contributed by atoms with Gasteiger partial charge in [0.2, 0.25) is 0 Å². The SMILES string of the molecule is O=C(O)C1C2CCCC2CN1C(=O)COc1cccc(Br)c1. The zero-order chi connectivity index (χ0) is 15.7. The average molecular weight is 368 g/mol. The van der Waals surface area contributed by atoms with Crippen LogP contribution in [-0.4, -0.2) is 41.1 Å². The largest absolute Gasteiger partial charge is 0.484 e. The van der Waals surface area contributed by atoms with Gasteiger partial charge < -0.3 is 14.7 Å². The van der Waals surface area contributed by atoms with E-state index in [2.05, 4.69) is 15.9 Å². The van der Waals surface area contributed by atoms with Gasteiger partial charge in [0.05, 0.1) is 0 Å². The maximum Gasteiger partial charge on any atom is 0.326 e. The number of hydrogen-bond donors (Lipinski definition) is 1. The molecule has 3 unspecified atom stereocenters. The van der Waals surface area contributed by atoms with Crippen LogP contribution in [0.4, 0.5) is 0 Å². The second kappa shape index (κ2) is 6.28. The van der Waals surface area contributed by atoms with E-state index in [1.54, 1.807) is 12.1 Å². The highest BCUT2D eigenvalue weighted by Crippen LogP contribution is 2.42. The smallest absolute Gasteiger partial charge is 0.326 e. The zero-order valence-electron chi connectivity index (χ0n) is 12.1. The van der Waals surface area contributed by atoms with Gasteiger partial charge in [0, 0.05) is 11.0 Å². The predicted octanol–water partition coefficient (Wildman–Crippen LogP) is 2.54. The van der Waals surface area contributed by atoms with Crippen LogP contribution < -0.4 is 4.74 Å². The minimum Gasteiger partial charge on any atom is -0.484 e. The van der Waals surface area contributed by atoms with Crippen LogP contribution in [0.25, 0.3) is 0 Å². The van der Waals surface area contributed by atoms with Gasteiger partial charge in [-0.15, -0.1) is 0 Å². The predicted molar refractivity (Wildman–Crippen MR) is 83.6 cm³/mol. The van der Waals surface area contributed by atoms with Gasteiger partial charge in [-0.25, -0.2) is 4.79 Å². The Balaban J connectivity index is 1.65. The van der Waals surface area contributed by atoms with Gasteiger partial charge in [0.25, 0.3) is 5.91 Å². The number of likely N-dealkylation sites (tertiary alicyclic amines) is 1. The molecule has 1 saturated carbocycles. The minimum atomic E-state index is -0.898. The Kier molecular flexibility index (Phi) is 4.38. The lowest BCUT2D eigenvalue weighted by Gasteiger charge is -2.24. The Morgan fingerprint density at radius 3 is 2.91 bits per heavy atom. The monoisotopic (exact) mass is 367 g/mol. The zero-order valence-corrected chi connectivity index (χ0v) is 13.7. The number of ether oxygens (including phenoxy) is 1. The van der Waals surface area contributed by atoms with Crippen LogP contribution in [0.3, 0.4) is 0 Å². The fourth-order valence-electron chi connectivity index (χ4n) is 3.66. The Bertz CT molecular complexity index is 591. The normalized spacial score (nSPS) is 26.8. The van der Waals surface area contributed by atoms with E-state index in [4.69, 9.17) is 4.74 Å². The molecule has 3 atom stereocenters. The lowest BCUT2D eigenvalue weighted by molar-refractivity contribution is -0.150. The summed E-state index contributed by atoms with van der Waals surface area (Å²) >= 11 is 3.34. The average Bonchev–Trinajstić information content (AvgIpc) is 3.04. The number of nitrogens with zero attached hydrogens (tertiary/aromatic N) is 1. The maximum absolute atomic E-state index is 12.4. The van der Waals surface area contributed by atoms with Crippen LogP contribution in [-0.2, 0) is 9.59 Å². The van der Waals surface area contributed by atoms with E-state index in [0.717, 1.165) is 23.7 Å². The number of aliphatic carboxylic acids is 1. The van der Waals surface area contributed by atoms with Crippen LogP contribution in [0.1, 0.15) is 19.3 Å².